The summed E-state index contributed by atoms with van der Waals surface area (Å²) >= 11 is 0. The van der Waals surface area contributed by atoms with Gasteiger partial charge in [0.25, 0.3) is 0 Å². The van der Waals surface area contributed by atoms with Gasteiger partial charge in [-0.2, -0.15) is 0 Å². The van der Waals surface area contributed by atoms with Gasteiger partial charge in [0.2, 0.25) is 12.5 Å². The van der Waals surface area contributed by atoms with E-state index in [0.717, 1.165) is 6.07 Å². The van der Waals surface area contributed by atoms with E-state index in [9.17, 15) is 14.9 Å². The molecule has 0 unspecified atom stereocenters. The topological polar surface area (TPSA) is 97.1 Å². The van der Waals surface area contributed by atoms with E-state index in [1.807, 2.05) is 0 Å². The maximum atomic E-state index is 11.5. The van der Waals surface area contributed by atoms with Gasteiger partial charge in [-0.25, -0.2) is 4.79 Å². The highest BCUT2D eigenvalue weighted by atomic mass is 16.7. The summed E-state index contributed by atoms with van der Waals surface area (Å²) in [5.74, 6) is 0.761. The van der Waals surface area contributed by atoms with Gasteiger partial charge in [0.1, 0.15) is 5.75 Å². The van der Waals surface area contributed by atoms with Crippen molar-refractivity contribution in [3.05, 3.63) is 52.1 Å². The minimum atomic E-state index is -0.664. The number of nitrogens with zero attached hydrogens (tertiary/aromatic N) is 1. The van der Waals surface area contributed by atoms with Gasteiger partial charge in [-0.3, -0.25) is 10.1 Å². The lowest BCUT2D eigenvalue weighted by molar-refractivity contribution is -0.385. The Labute approximate surface area is 130 Å². The molecule has 118 valence electrons. The maximum absolute atomic E-state index is 11.5. The molecule has 1 aliphatic rings. The van der Waals surface area contributed by atoms with Crippen LogP contribution in [0, 0.1) is 10.1 Å². The summed E-state index contributed by atoms with van der Waals surface area (Å²) in [4.78, 5) is 22.0. The predicted octanol–water partition coefficient (Wildman–Crippen LogP) is 2.90. The molecule has 0 aliphatic carbocycles. The second-order valence-corrected chi connectivity index (χ2v) is 4.55. The molecule has 8 heteroatoms. The molecule has 1 aliphatic heterocycles. The minimum Gasteiger partial charge on any atom is -0.465 e. The van der Waals surface area contributed by atoms with Crippen molar-refractivity contribution in [2.24, 2.45) is 0 Å². The number of hydrogen-bond donors (Lipinski definition) is 0. The second kappa shape index (κ2) is 5.84. The number of methoxy groups -OCH3 is 1. The third-order valence-corrected chi connectivity index (χ3v) is 3.15. The van der Waals surface area contributed by atoms with Crippen LogP contribution in [0.25, 0.3) is 0 Å². The van der Waals surface area contributed by atoms with Gasteiger partial charge >= 0.3 is 11.7 Å². The number of hydrogen-bond acceptors (Lipinski definition) is 7. The summed E-state index contributed by atoms with van der Waals surface area (Å²) in [6.07, 6.45) is 0. The highest BCUT2D eigenvalue weighted by Gasteiger charge is 2.21. The molecule has 0 atom stereocenters. The van der Waals surface area contributed by atoms with E-state index in [-0.39, 0.29) is 23.8 Å². The van der Waals surface area contributed by atoms with Crippen LogP contribution in [0.4, 0.5) is 5.69 Å². The fourth-order valence-corrected chi connectivity index (χ4v) is 2.06. The van der Waals surface area contributed by atoms with Crippen molar-refractivity contribution < 1.29 is 28.7 Å². The first-order valence-corrected chi connectivity index (χ1v) is 6.53. The van der Waals surface area contributed by atoms with Crippen LogP contribution in [0.1, 0.15) is 10.4 Å². The number of carbonyl (C=O) groups excluding carboxylic acids is 1. The van der Waals surface area contributed by atoms with Crippen molar-refractivity contribution in [2.75, 3.05) is 13.9 Å². The van der Waals surface area contributed by atoms with Crippen molar-refractivity contribution in [2.45, 2.75) is 0 Å². The first-order chi connectivity index (χ1) is 11.1. The molecule has 0 radical (unpaired) electrons. The van der Waals surface area contributed by atoms with Crippen LogP contribution in [-0.4, -0.2) is 24.8 Å². The molecule has 0 saturated heterocycles. The molecule has 0 amide bonds. The summed E-state index contributed by atoms with van der Waals surface area (Å²) in [6.45, 7) is 0.118. The summed E-state index contributed by atoms with van der Waals surface area (Å²) in [5.41, 5.74) is -0.275. The van der Waals surface area contributed by atoms with Crippen molar-refractivity contribution in [1.29, 1.82) is 0 Å². The average Bonchev–Trinajstić information content (AvgIpc) is 3.02. The molecule has 8 nitrogen and oxygen atoms in total. The molecule has 0 bridgehead atoms. The Kier molecular flexibility index (Phi) is 3.71. The quantitative estimate of drug-likeness (QED) is 0.486. The first kappa shape index (κ1) is 14.6. The fourth-order valence-electron chi connectivity index (χ4n) is 2.06. The van der Waals surface area contributed by atoms with Gasteiger partial charge in [0.05, 0.1) is 17.6 Å². The molecule has 0 aromatic heterocycles. The van der Waals surface area contributed by atoms with E-state index in [1.54, 1.807) is 18.2 Å². The zero-order valence-electron chi connectivity index (χ0n) is 12.0. The predicted molar refractivity (Wildman–Crippen MR) is 77.1 cm³/mol. The van der Waals surface area contributed by atoms with E-state index in [1.165, 1.54) is 19.2 Å². The van der Waals surface area contributed by atoms with E-state index in [2.05, 4.69) is 4.74 Å². The van der Waals surface area contributed by atoms with Gasteiger partial charge in [-0.1, -0.05) is 0 Å². The average molecular weight is 317 g/mol. The Hall–Kier alpha value is -3.29. The van der Waals surface area contributed by atoms with Crippen molar-refractivity contribution in [3.8, 4) is 23.0 Å². The van der Waals surface area contributed by atoms with Crippen LogP contribution in [0.15, 0.2) is 36.4 Å². The lowest BCUT2D eigenvalue weighted by atomic mass is 10.2. The van der Waals surface area contributed by atoms with Crippen molar-refractivity contribution >= 4 is 11.7 Å². The van der Waals surface area contributed by atoms with Crippen LogP contribution in [-0.2, 0) is 4.74 Å². The van der Waals surface area contributed by atoms with E-state index in [0.29, 0.717) is 17.2 Å². The molecule has 0 spiro atoms. The Balaban J connectivity index is 1.93. The zero-order valence-corrected chi connectivity index (χ0v) is 12.0. The summed E-state index contributed by atoms with van der Waals surface area (Å²) < 4.78 is 20.5. The lowest BCUT2D eigenvalue weighted by Gasteiger charge is -2.08. The number of fused-ring (bicyclic) bond motifs is 1. The Morgan fingerprint density at radius 1 is 1.17 bits per heavy atom. The van der Waals surface area contributed by atoms with Gasteiger partial charge in [0, 0.05) is 12.1 Å². The van der Waals surface area contributed by atoms with Gasteiger partial charge in [0.15, 0.2) is 11.5 Å². The number of nitro benzene ring substituents is 1. The van der Waals surface area contributed by atoms with Crippen LogP contribution in [0.3, 0.4) is 0 Å². The number of benzene rings is 2. The number of carbonyl (C=O) groups is 1. The molecule has 0 N–H and O–H groups in total. The molecule has 0 saturated carbocycles. The van der Waals surface area contributed by atoms with Crippen LogP contribution >= 0.6 is 0 Å². The van der Waals surface area contributed by atoms with E-state index >= 15 is 0 Å². The number of esters is 1. The highest BCUT2D eigenvalue weighted by Crippen LogP contribution is 2.38. The molecular formula is C15H11NO7. The normalized spacial score (nSPS) is 11.9. The molecule has 23 heavy (non-hydrogen) atoms. The van der Waals surface area contributed by atoms with Crippen LogP contribution < -0.4 is 14.2 Å². The largest absolute Gasteiger partial charge is 0.465 e. The van der Waals surface area contributed by atoms with Crippen molar-refractivity contribution in [1.82, 2.24) is 0 Å². The van der Waals surface area contributed by atoms with Gasteiger partial charge in [-0.05, 0) is 24.3 Å². The monoisotopic (exact) mass is 317 g/mol. The summed E-state index contributed by atoms with van der Waals surface area (Å²) in [5, 5.41) is 11.2. The third-order valence-electron chi connectivity index (χ3n) is 3.15. The standard InChI is InChI=1S/C15H11NO7/c1-20-15(17)9-2-4-12(11(6-9)16(18)19)23-10-3-5-13-14(7-10)22-8-21-13/h2-7H,8H2,1H3. The zero-order chi connectivity index (χ0) is 16.4. The van der Waals surface area contributed by atoms with Gasteiger partial charge < -0.3 is 18.9 Å². The van der Waals surface area contributed by atoms with Crippen molar-refractivity contribution in [3.63, 3.8) is 0 Å². The van der Waals surface area contributed by atoms with E-state index in [4.69, 9.17) is 14.2 Å². The van der Waals surface area contributed by atoms with E-state index < -0.39 is 10.9 Å². The number of rotatable bonds is 4. The first-order valence-electron chi connectivity index (χ1n) is 6.53. The van der Waals surface area contributed by atoms with Crippen LogP contribution in [0.5, 0.6) is 23.0 Å². The molecule has 2 aromatic carbocycles. The number of nitro groups is 1. The molecule has 3 rings (SSSR count). The molecule has 1 heterocycles. The highest BCUT2D eigenvalue weighted by molar-refractivity contribution is 5.90. The Bertz CT molecular complexity index is 787. The Morgan fingerprint density at radius 2 is 1.96 bits per heavy atom. The second-order valence-electron chi connectivity index (χ2n) is 4.55. The summed E-state index contributed by atoms with van der Waals surface area (Å²) in [7, 11) is 1.20. The minimum absolute atomic E-state index is 0.00141. The molecular weight excluding hydrogens is 306 g/mol. The van der Waals surface area contributed by atoms with Gasteiger partial charge in [-0.15, -0.1) is 0 Å². The lowest BCUT2D eigenvalue weighted by Crippen LogP contribution is -2.03. The summed E-state index contributed by atoms with van der Waals surface area (Å²) in [6, 6.07) is 8.66. The third kappa shape index (κ3) is 2.86. The SMILES string of the molecule is COC(=O)c1ccc(Oc2ccc3c(c2)OCO3)c([N+](=O)[O-])c1. The smallest absolute Gasteiger partial charge is 0.338 e. The fraction of sp³-hybridized carbons (Fsp3) is 0.133. The number of ether oxygens (including phenoxy) is 4. The Morgan fingerprint density at radius 3 is 2.70 bits per heavy atom. The van der Waals surface area contributed by atoms with Crippen LogP contribution in [0.2, 0.25) is 0 Å². The molecule has 2 aromatic rings. The molecule has 0 fully saturated rings. The maximum Gasteiger partial charge on any atom is 0.338 e.